The van der Waals surface area contributed by atoms with E-state index >= 15 is 0 Å². The van der Waals surface area contributed by atoms with Crippen molar-refractivity contribution in [1.82, 2.24) is 10.6 Å². The van der Waals surface area contributed by atoms with Crippen LogP contribution in [0.15, 0.2) is 0 Å². The minimum Gasteiger partial charge on any atom is -0.467 e. The lowest BCUT2D eigenvalue weighted by Crippen LogP contribution is -2.59. The van der Waals surface area contributed by atoms with Gasteiger partial charge in [-0.3, -0.25) is 4.79 Å². The molecule has 0 bridgehead atoms. The molecule has 1 amide bonds. The zero-order valence-electron chi connectivity index (χ0n) is 13.1. The average Bonchev–Trinajstić information content (AvgIpc) is 2.38. The second-order valence-electron chi connectivity index (χ2n) is 6.45. The maximum absolute atomic E-state index is 12.4. The van der Waals surface area contributed by atoms with Gasteiger partial charge in [0.1, 0.15) is 5.54 Å². The summed E-state index contributed by atoms with van der Waals surface area (Å²) >= 11 is 0. The van der Waals surface area contributed by atoms with E-state index in [2.05, 4.69) is 17.6 Å². The Bertz CT molecular complexity index is 377. The maximum atomic E-state index is 12.4. The SMILES string of the molecule is COC(=O)C1(NC(=O)C(C)C2CNC2)CCC(C)CC1.Cl. The molecule has 1 saturated carbocycles. The number of hydrogen-bond acceptors (Lipinski definition) is 4. The summed E-state index contributed by atoms with van der Waals surface area (Å²) in [4.78, 5) is 24.6. The van der Waals surface area contributed by atoms with Gasteiger partial charge in [-0.15, -0.1) is 12.4 Å². The number of nitrogens with one attached hydrogen (secondary N) is 2. The van der Waals surface area contributed by atoms with Gasteiger partial charge in [0.2, 0.25) is 5.91 Å². The molecule has 2 fully saturated rings. The second-order valence-corrected chi connectivity index (χ2v) is 6.45. The molecule has 21 heavy (non-hydrogen) atoms. The lowest BCUT2D eigenvalue weighted by atomic mass is 9.76. The predicted molar refractivity (Wildman–Crippen MR) is 83.3 cm³/mol. The van der Waals surface area contributed by atoms with Gasteiger partial charge in [-0.1, -0.05) is 13.8 Å². The Labute approximate surface area is 133 Å². The highest BCUT2D eigenvalue weighted by molar-refractivity contribution is 5.89. The molecule has 122 valence electrons. The summed E-state index contributed by atoms with van der Waals surface area (Å²) in [6.45, 7) is 5.90. The lowest BCUT2D eigenvalue weighted by molar-refractivity contribution is -0.154. The van der Waals surface area contributed by atoms with E-state index < -0.39 is 5.54 Å². The maximum Gasteiger partial charge on any atom is 0.331 e. The molecule has 5 nitrogen and oxygen atoms in total. The van der Waals surface area contributed by atoms with Crippen LogP contribution < -0.4 is 10.6 Å². The standard InChI is InChI=1S/C15H26N2O3.ClH/c1-10-4-6-15(7-5-10,14(19)20-3)17-13(18)11(2)12-8-16-9-12;/h10-12,16H,4-9H2,1-3H3,(H,17,18);1H. The Kier molecular flexibility index (Phi) is 6.47. The third-order valence-electron chi connectivity index (χ3n) is 5.00. The fourth-order valence-corrected chi connectivity index (χ4v) is 3.06. The van der Waals surface area contributed by atoms with Crippen molar-refractivity contribution in [3.8, 4) is 0 Å². The molecule has 1 saturated heterocycles. The molecule has 1 aliphatic carbocycles. The summed E-state index contributed by atoms with van der Waals surface area (Å²) in [5.41, 5.74) is -0.802. The average molecular weight is 319 g/mol. The predicted octanol–water partition coefficient (Wildman–Crippen LogP) is 1.50. The van der Waals surface area contributed by atoms with E-state index in [4.69, 9.17) is 4.74 Å². The summed E-state index contributed by atoms with van der Waals surface area (Å²) in [5.74, 6) is 0.621. The van der Waals surface area contributed by atoms with Crippen molar-refractivity contribution in [3.05, 3.63) is 0 Å². The number of halogens is 1. The molecule has 1 unspecified atom stereocenters. The van der Waals surface area contributed by atoms with E-state index in [1.807, 2.05) is 6.92 Å². The highest BCUT2D eigenvalue weighted by atomic mass is 35.5. The van der Waals surface area contributed by atoms with Crippen LogP contribution >= 0.6 is 12.4 Å². The summed E-state index contributed by atoms with van der Waals surface area (Å²) in [7, 11) is 1.40. The Hall–Kier alpha value is -0.810. The molecule has 1 heterocycles. The zero-order chi connectivity index (χ0) is 14.8. The van der Waals surface area contributed by atoms with Gasteiger partial charge in [-0.05, 0) is 50.6 Å². The summed E-state index contributed by atoms with van der Waals surface area (Å²) in [6, 6.07) is 0. The van der Waals surface area contributed by atoms with Crippen LogP contribution in [0.5, 0.6) is 0 Å². The van der Waals surface area contributed by atoms with Crippen LogP contribution in [0.3, 0.4) is 0 Å². The Morgan fingerprint density at radius 2 is 1.86 bits per heavy atom. The van der Waals surface area contributed by atoms with E-state index in [0.29, 0.717) is 24.7 Å². The topological polar surface area (TPSA) is 67.4 Å². The first-order valence-corrected chi connectivity index (χ1v) is 7.59. The van der Waals surface area contributed by atoms with Crippen LogP contribution in [0.1, 0.15) is 39.5 Å². The van der Waals surface area contributed by atoms with Crippen LogP contribution in [-0.2, 0) is 14.3 Å². The van der Waals surface area contributed by atoms with Crippen molar-refractivity contribution < 1.29 is 14.3 Å². The largest absolute Gasteiger partial charge is 0.467 e. The van der Waals surface area contributed by atoms with Crippen molar-refractivity contribution >= 4 is 24.3 Å². The zero-order valence-corrected chi connectivity index (χ0v) is 13.9. The molecule has 0 spiro atoms. The second kappa shape index (κ2) is 7.45. The molecule has 2 aliphatic rings. The number of carbonyl (C=O) groups is 2. The Morgan fingerprint density at radius 3 is 2.29 bits per heavy atom. The summed E-state index contributed by atoms with van der Waals surface area (Å²) < 4.78 is 4.94. The lowest BCUT2D eigenvalue weighted by Gasteiger charge is -2.39. The Balaban J connectivity index is 0.00000220. The molecule has 6 heteroatoms. The van der Waals surface area contributed by atoms with Crippen molar-refractivity contribution in [3.63, 3.8) is 0 Å². The van der Waals surface area contributed by atoms with E-state index in [0.717, 1.165) is 25.9 Å². The third-order valence-corrected chi connectivity index (χ3v) is 5.00. The third kappa shape index (κ3) is 3.89. The van der Waals surface area contributed by atoms with Crippen LogP contribution in [0.25, 0.3) is 0 Å². The summed E-state index contributed by atoms with van der Waals surface area (Å²) in [6.07, 6.45) is 3.27. The van der Waals surface area contributed by atoms with Gasteiger partial charge in [0.05, 0.1) is 7.11 Å². The van der Waals surface area contributed by atoms with Crippen molar-refractivity contribution in [2.75, 3.05) is 20.2 Å². The molecular weight excluding hydrogens is 292 g/mol. The molecule has 1 aliphatic heterocycles. The van der Waals surface area contributed by atoms with Gasteiger partial charge in [0, 0.05) is 5.92 Å². The van der Waals surface area contributed by atoms with Crippen LogP contribution in [0.4, 0.5) is 0 Å². The van der Waals surface area contributed by atoms with Gasteiger partial charge < -0.3 is 15.4 Å². The minimum absolute atomic E-state index is 0. The van der Waals surface area contributed by atoms with E-state index in [-0.39, 0.29) is 30.2 Å². The van der Waals surface area contributed by atoms with Crippen LogP contribution in [0, 0.1) is 17.8 Å². The van der Waals surface area contributed by atoms with E-state index in [1.165, 1.54) is 7.11 Å². The van der Waals surface area contributed by atoms with Gasteiger partial charge in [0.25, 0.3) is 0 Å². The number of methoxy groups -OCH3 is 1. The first kappa shape index (κ1) is 18.2. The molecule has 0 aromatic heterocycles. The quantitative estimate of drug-likeness (QED) is 0.771. The number of amides is 1. The molecule has 1 atom stereocenters. The first-order valence-electron chi connectivity index (χ1n) is 7.59. The number of hydrogen-bond donors (Lipinski definition) is 2. The minimum atomic E-state index is -0.802. The van der Waals surface area contributed by atoms with Crippen molar-refractivity contribution in [2.45, 2.75) is 45.1 Å². The smallest absolute Gasteiger partial charge is 0.331 e. The number of esters is 1. The fourth-order valence-electron chi connectivity index (χ4n) is 3.06. The van der Waals surface area contributed by atoms with Crippen molar-refractivity contribution in [2.24, 2.45) is 17.8 Å². The molecular formula is C15H27ClN2O3. The molecule has 2 rings (SSSR count). The van der Waals surface area contributed by atoms with E-state index in [9.17, 15) is 9.59 Å². The monoisotopic (exact) mass is 318 g/mol. The highest BCUT2D eigenvalue weighted by Crippen LogP contribution is 2.33. The normalized spacial score (nSPS) is 30.5. The van der Waals surface area contributed by atoms with Gasteiger partial charge >= 0.3 is 5.97 Å². The van der Waals surface area contributed by atoms with Crippen LogP contribution in [0.2, 0.25) is 0 Å². The summed E-state index contributed by atoms with van der Waals surface area (Å²) in [5, 5.41) is 6.19. The Morgan fingerprint density at radius 1 is 1.29 bits per heavy atom. The fraction of sp³-hybridized carbons (Fsp3) is 0.867. The molecule has 2 N–H and O–H groups in total. The van der Waals surface area contributed by atoms with E-state index in [1.54, 1.807) is 0 Å². The van der Waals surface area contributed by atoms with Gasteiger partial charge in [-0.2, -0.15) is 0 Å². The number of rotatable bonds is 4. The molecule has 0 radical (unpaired) electrons. The van der Waals surface area contributed by atoms with Gasteiger partial charge in [-0.25, -0.2) is 4.79 Å². The van der Waals surface area contributed by atoms with Gasteiger partial charge in [0.15, 0.2) is 0 Å². The van der Waals surface area contributed by atoms with Crippen LogP contribution in [-0.4, -0.2) is 37.6 Å². The van der Waals surface area contributed by atoms with Crippen molar-refractivity contribution in [1.29, 1.82) is 0 Å². The highest BCUT2D eigenvalue weighted by Gasteiger charge is 2.44. The molecule has 0 aromatic rings. The molecule has 0 aromatic carbocycles. The number of carbonyl (C=O) groups excluding carboxylic acids is 2. The first-order chi connectivity index (χ1) is 9.48. The number of ether oxygens (including phenoxy) is 1.